The second-order valence-electron chi connectivity index (χ2n) is 5.50. The van der Waals surface area contributed by atoms with Crippen LogP contribution in [0.5, 0.6) is 5.75 Å². The molecule has 1 fully saturated rings. The minimum Gasteiger partial charge on any atom is -0.490 e. The number of cyclic esters (lactones) is 1. The van der Waals surface area contributed by atoms with Crippen LogP contribution in [0.15, 0.2) is 54.6 Å². The van der Waals surface area contributed by atoms with Crippen LogP contribution < -0.4 is 4.74 Å². The summed E-state index contributed by atoms with van der Waals surface area (Å²) in [6.45, 7) is 3.53. The summed E-state index contributed by atoms with van der Waals surface area (Å²) in [5.41, 5.74) is 2.29. The lowest BCUT2D eigenvalue weighted by molar-refractivity contribution is 0.102. The Balaban J connectivity index is 1.52. The maximum absolute atomic E-state index is 11.9. The quantitative estimate of drug-likeness (QED) is 0.849. The van der Waals surface area contributed by atoms with Gasteiger partial charge in [0.15, 0.2) is 6.10 Å². The Kier molecular flexibility index (Phi) is 4.28. The van der Waals surface area contributed by atoms with Gasteiger partial charge in [-0.05, 0) is 24.6 Å². The van der Waals surface area contributed by atoms with Crippen molar-refractivity contribution in [2.45, 2.75) is 19.6 Å². The molecular weight excluding hydrogens is 278 g/mol. The van der Waals surface area contributed by atoms with E-state index in [-0.39, 0.29) is 12.2 Å². The first-order valence-corrected chi connectivity index (χ1v) is 7.39. The van der Waals surface area contributed by atoms with Crippen molar-refractivity contribution in [3.63, 3.8) is 0 Å². The molecule has 0 aliphatic carbocycles. The first-order valence-electron chi connectivity index (χ1n) is 7.39. The molecule has 1 atom stereocenters. The van der Waals surface area contributed by atoms with E-state index in [1.54, 1.807) is 4.90 Å². The Bertz CT molecular complexity index is 625. The summed E-state index contributed by atoms with van der Waals surface area (Å²) in [5, 5.41) is 0. The first-order chi connectivity index (χ1) is 10.7. The molecule has 0 aromatic heterocycles. The van der Waals surface area contributed by atoms with Crippen molar-refractivity contribution >= 4 is 6.09 Å². The molecule has 0 N–H and O–H groups in total. The van der Waals surface area contributed by atoms with Crippen molar-refractivity contribution in [3.8, 4) is 5.75 Å². The highest BCUT2D eigenvalue weighted by atomic mass is 16.6. The van der Waals surface area contributed by atoms with Crippen molar-refractivity contribution in [1.29, 1.82) is 0 Å². The second-order valence-corrected chi connectivity index (χ2v) is 5.50. The molecule has 114 valence electrons. The van der Waals surface area contributed by atoms with E-state index in [0.29, 0.717) is 19.7 Å². The van der Waals surface area contributed by atoms with E-state index in [2.05, 4.69) is 0 Å². The van der Waals surface area contributed by atoms with Gasteiger partial charge in [-0.15, -0.1) is 0 Å². The van der Waals surface area contributed by atoms with Crippen LogP contribution in [0.3, 0.4) is 0 Å². The maximum atomic E-state index is 11.9. The number of amides is 1. The van der Waals surface area contributed by atoms with E-state index < -0.39 is 0 Å². The fraction of sp³-hybridized carbons (Fsp3) is 0.278. The number of carbonyl (C=O) groups excluding carboxylic acids is 1. The monoisotopic (exact) mass is 297 g/mol. The molecule has 0 bridgehead atoms. The molecule has 1 heterocycles. The Morgan fingerprint density at radius 1 is 1.14 bits per heavy atom. The number of benzene rings is 2. The SMILES string of the molecule is Cc1ccc(OC[C@H]2CN(Cc3ccccc3)C(=O)O2)cc1. The predicted molar refractivity (Wildman–Crippen MR) is 83.8 cm³/mol. The number of carbonyl (C=O) groups is 1. The molecule has 2 aromatic carbocycles. The second kappa shape index (κ2) is 6.52. The van der Waals surface area contributed by atoms with Crippen molar-refractivity contribution in [2.24, 2.45) is 0 Å². The Morgan fingerprint density at radius 2 is 1.86 bits per heavy atom. The lowest BCUT2D eigenvalue weighted by Gasteiger charge is -2.13. The van der Waals surface area contributed by atoms with Gasteiger partial charge in [-0.25, -0.2) is 4.79 Å². The summed E-state index contributed by atoms with van der Waals surface area (Å²) in [6, 6.07) is 17.7. The topological polar surface area (TPSA) is 38.8 Å². The molecular formula is C18H19NO3. The molecule has 0 unspecified atom stereocenters. The highest BCUT2D eigenvalue weighted by Crippen LogP contribution is 2.17. The molecule has 2 aromatic rings. The van der Waals surface area contributed by atoms with Gasteiger partial charge in [0.25, 0.3) is 0 Å². The summed E-state index contributed by atoms with van der Waals surface area (Å²) in [5.74, 6) is 0.795. The molecule has 1 aliphatic rings. The van der Waals surface area contributed by atoms with Gasteiger partial charge in [0.05, 0.1) is 6.54 Å². The van der Waals surface area contributed by atoms with Gasteiger partial charge in [-0.3, -0.25) is 0 Å². The van der Waals surface area contributed by atoms with Crippen molar-refractivity contribution in [1.82, 2.24) is 4.90 Å². The third-order valence-corrected chi connectivity index (χ3v) is 3.62. The van der Waals surface area contributed by atoms with Crippen LogP contribution in [-0.2, 0) is 11.3 Å². The lowest BCUT2D eigenvalue weighted by atomic mass is 10.2. The molecule has 3 rings (SSSR count). The number of rotatable bonds is 5. The van der Waals surface area contributed by atoms with Crippen LogP contribution >= 0.6 is 0 Å². The maximum Gasteiger partial charge on any atom is 0.410 e. The molecule has 0 saturated carbocycles. The average molecular weight is 297 g/mol. The number of hydrogen-bond acceptors (Lipinski definition) is 3. The zero-order valence-electron chi connectivity index (χ0n) is 12.6. The Morgan fingerprint density at radius 3 is 2.59 bits per heavy atom. The van der Waals surface area contributed by atoms with E-state index in [1.807, 2.05) is 61.5 Å². The number of hydrogen-bond donors (Lipinski definition) is 0. The standard InChI is InChI=1S/C18H19NO3/c1-14-7-9-16(10-8-14)21-13-17-12-19(18(20)22-17)11-15-5-3-2-4-6-15/h2-10,17H,11-13H2,1H3/t17-/m1/s1. The van der Waals surface area contributed by atoms with Gasteiger partial charge in [-0.2, -0.15) is 0 Å². The van der Waals surface area contributed by atoms with Gasteiger partial charge >= 0.3 is 6.09 Å². The third-order valence-electron chi connectivity index (χ3n) is 3.62. The average Bonchev–Trinajstić information content (AvgIpc) is 2.88. The summed E-state index contributed by atoms with van der Waals surface area (Å²) < 4.78 is 11.0. The van der Waals surface area contributed by atoms with E-state index >= 15 is 0 Å². The minimum absolute atomic E-state index is 0.225. The summed E-state index contributed by atoms with van der Waals surface area (Å²) in [4.78, 5) is 13.6. The molecule has 4 nitrogen and oxygen atoms in total. The lowest BCUT2D eigenvalue weighted by Crippen LogP contribution is -2.26. The molecule has 1 aliphatic heterocycles. The highest BCUT2D eigenvalue weighted by molar-refractivity contribution is 5.69. The molecule has 0 spiro atoms. The van der Waals surface area contributed by atoms with Crippen molar-refractivity contribution in [2.75, 3.05) is 13.2 Å². The summed E-state index contributed by atoms with van der Waals surface area (Å²) in [6.07, 6.45) is -0.501. The van der Waals surface area contributed by atoms with Crippen LogP contribution in [0.1, 0.15) is 11.1 Å². The van der Waals surface area contributed by atoms with E-state index in [1.165, 1.54) is 5.56 Å². The van der Waals surface area contributed by atoms with Gasteiger partial charge in [0.1, 0.15) is 12.4 Å². The zero-order chi connectivity index (χ0) is 15.4. The molecule has 1 saturated heterocycles. The zero-order valence-corrected chi connectivity index (χ0v) is 12.6. The Labute approximate surface area is 130 Å². The molecule has 4 heteroatoms. The highest BCUT2D eigenvalue weighted by Gasteiger charge is 2.31. The fourth-order valence-electron chi connectivity index (χ4n) is 2.42. The van der Waals surface area contributed by atoms with Gasteiger partial charge in [0, 0.05) is 6.54 Å². The normalized spacial score (nSPS) is 17.4. The first kappa shape index (κ1) is 14.4. The van der Waals surface area contributed by atoms with E-state index in [4.69, 9.17) is 9.47 Å². The van der Waals surface area contributed by atoms with E-state index in [0.717, 1.165) is 11.3 Å². The van der Waals surface area contributed by atoms with Crippen LogP contribution in [0, 0.1) is 6.92 Å². The predicted octanol–water partition coefficient (Wildman–Crippen LogP) is 3.39. The van der Waals surface area contributed by atoms with Crippen LogP contribution in [0.2, 0.25) is 0 Å². The molecule has 1 amide bonds. The summed E-state index contributed by atoms with van der Waals surface area (Å²) >= 11 is 0. The van der Waals surface area contributed by atoms with Crippen LogP contribution in [0.4, 0.5) is 4.79 Å². The minimum atomic E-state index is -0.277. The smallest absolute Gasteiger partial charge is 0.410 e. The molecule has 22 heavy (non-hydrogen) atoms. The Hall–Kier alpha value is -2.49. The van der Waals surface area contributed by atoms with Crippen LogP contribution in [0.25, 0.3) is 0 Å². The fourth-order valence-corrected chi connectivity index (χ4v) is 2.42. The van der Waals surface area contributed by atoms with E-state index in [9.17, 15) is 4.79 Å². The molecule has 0 radical (unpaired) electrons. The van der Waals surface area contributed by atoms with Crippen molar-refractivity contribution < 1.29 is 14.3 Å². The number of nitrogens with zero attached hydrogens (tertiary/aromatic N) is 1. The summed E-state index contributed by atoms with van der Waals surface area (Å²) in [7, 11) is 0. The van der Waals surface area contributed by atoms with Gasteiger partial charge < -0.3 is 14.4 Å². The van der Waals surface area contributed by atoms with Gasteiger partial charge in [0.2, 0.25) is 0 Å². The number of ether oxygens (including phenoxy) is 2. The van der Waals surface area contributed by atoms with Crippen LogP contribution in [-0.4, -0.2) is 30.2 Å². The van der Waals surface area contributed by atoms with Gasteiger partial charge in [-0.1, -0.05) is 48.0 Å². The largest absolute Gasteiger partial charge is 0.490 e. The third kappa shape index (κ3) is 3.58. The number of aryl methyl sites for hydroxylation is 1. The van der Waals surface area contributed by atoms with Crippen molar-refractivity contribution in [3.05, 3.63) is 65.7 Å².